The van der Waals surface area contributed by atoms with Gasteiger partial charge >= 0.3 is 0 Å². The van der Waals surface area contributed by atoms with Crippen LogP contribution in [0.4, 0.5) is 0 Å². The van der Waals surface area contributed by atoms with Gasteiger partial charge in [-0.05, 0) is 24.6 Å². The standard InChI is InChI=1S/C16H14N2O/c1-12-4-6-13(7-5-12)9-18-10-14(11-19)16-15(18)3-2-8-17-16/h2-8,10-11H,9H2,1H3. The molecule has 3 aromatic rings. The van der Waals surface area contributed by atoms with Crippen molar-refractivity contribution in [3.8, 4) is 0 Å². The Hall–Kier alpha value is -2.42. The van der Waals surface area contributed by atoms with Crippen molar-refractivity contribution in [2.75, 3.05) is 0 Å². The van der Waals surface area contributed by atoms with Gasteiger partial charge in [0.1, 0.15) is 0 Å². The molecule has 0 aliphatic heterocycles. The normalized spacial score (nSPS) is 10.8. The second-order valence-corrected chi connectivity index (χ2v) is 4.69. The van der Waals surface area contributed by atoms with Gasteiger partial charge in [-0.15, -0.1) is 0 Å². The molecule has 0 amide bonds. The van der Waals surface area contributed by atoms with Crippen molar-refractivity contribution in [3.05, 3.63) is 65.5 Å². The summed E-state index contributed by atoms with van der Waals surface area (Å²) in [4.78, 5) is 15.4. The molecule has 0 bridgehead atoms. The maximum Gasteiger partial charge on any atom is 0.153 e. The van der Waals surface area contributed by atoms with Crippen molar-refractivity contribution in [2.24, 2.45) is 0 Å². The number of hydrogen-bond donors (Lipinski definition) is 0. The molecule has 1 aromatic carbocycles. The highest BCUT2D eigenvalue weighted by atomic mass is 16.1. The van der Waals surface area contributed by atoms with Gasteiger partial charge in [0, 0.05) is 18.9 Å². The molecule has 2 aromatic heterocycles. The van der Waals surface area contributed by atoms with Gasteiger partial charge in [0.15, 0.2) is 6.29 Å². The molecule has 0 N–H and O–H groups in total. The van der Waals surface area contributed by atoms with E-state index in [0.29, 0.717) is 5.56 Å². The van der Waals surface area contributed by atoms with E-state index in [1.807, 2.05) is 18.3 Å². The first-order chi connectivity index (χ1) is 9.28. The molecular weight excluding hydrogens is 236 g/mol. The van der Waals surface area contributed by atoms with Crippen LogP contribution in [0.3, 0.4) is 0 Å². The van der Waals surface area contributed by atoms with E-state index in [4.69, 9.17) is 0 Å². The van der Waals surface area contributed by atoms with E-state index in [-0.39, 0.29) is 0 Å². The zero-order valence-electron chi connectivity index (χ0n) is 10.7. The van der Waals surface area contributed by atoms with Crippen LogP contribution in [0.25, 0.3) is 11.0 Å². The van der Waals surface area contributed by atoms with Crippen LogP contribution in [-0.2, 0) is 6.54 Å². The summed E-state index contributed by atoms with van der Waals surface area (Å²) in [5, 5.41) is 0. The number of nitrogens with zero attached hydrogens (tertiary/aromatic N) is 2. The van der Waals surface area contributed by atoms with Crippen LogP contribution >= 0.6 is 0 Å². The van der Waals surface area contributed by atoms with Crippen molar-refractivity contribution < 1.29 is 4.79 Å². The molecule has 0 aliphatic carbocycles. The predicted octanol–water partition coefficient (Wildman–Crippen LogP) is 3.21. The number of pyridine rings is 1. The minimum atomic E-state index is 0.641. The number of carbonyl (C=O) groups excluding carboxylic acids is 1. The summed E-state index contributed by atoms with van der Waals surface area (Å²) in [6, 6.07) is 12.3. The predicted molar refractivity (Wildman–Crippen MR) is 75.4 cm³/mol. The lowest BCUT2D eigenvalue weighted by Gasteiger charge is -2.05. The number of carbonyl (C=O) groups is 1. The number of fused-ring (bicyclic) bond motifs is 1. The topological polar surface area (TPSA) is 34.9 Å². The maximum atomic E-state index is 11.1. The van der Waals surface area contributed by atoms with E-state index in [9.17, 15) is 4.79 Å². The van der Waals surface area contributed by atoms with Crippen LogP contribution in [0.15, 0.2) is 48.8 Å². The Balaban J connectivity index is 2.05. The zero-order valence-corrected chi connectivity index (χ0v) is 10.7. The molecule has 0 aliphatic rings. The minimum Gasteiger partial charge on any atom is -0.341 e. The van der Waals surface area contributed by atoms with Crippen LogP contribution in [0.2, 0.25) is 0 Å². The third kappa shape index (κ3) is 2.15. The number of aldehydes is 1. The lowest BCUT2D eigenvalue weighted by Crippen LogP contribution is -1.97. The first-order valence-corrected chi connectivity index (χ1v) is 6.22. The Morgan fingerprint density at radius 1 is 1.21 bits per heavy atom. The number of aryl methyl sites for hydroxylation is 1. The third-order valence-electron chi connectivity index (χ3n) is 3.26. The number of rotatable bonds is 3. The SMILES string of the molecule is Cc1ccc(Cn2cc(C=O)c3ncccc32)cc1. The lowest BCUT2D eigenvalue weighted by atomic mass is 10.1. The van der Waals surface area contributed by atoms with E-state index in [1.54, 1.807) is 6.20 Å². The van der Waals surface area contributed by atoms with Gasteiger partial charge < -0.3 is 4.57 Å². The molecule has 0 atom stereocenters. The highest BCUT2D eigenvalue weighted by Gasteiger charge is 2.08. The van der Waals surface area contributed by atoms with Gasteiger partial charge in [0.05, 0.1) is 16.6 Å². The Labute approximate surface area is 111 Å². The molecule has 0 saturated heterocycles. The fourth-order valence-corrected chi connectivity index (χ4v) is 2.26. The van der Waals surface area contributed by atoms with Crippen molar-refractivity contribution in [3.63, 3.8) is 0 Å². The van der Waals surface area contributed by atoms with Crippen LogP contribution in [0.1, 0.15) is 21.5 Å². The molecular formula is C16H14N2O. The molecule has 0 radical (unpaired) electrons. The van der Waals surface area contributed by atoms with Crippen LogP contribution in [-0.4, -0.2) is 15.8 Å². The van der Waals surface area contributed by atoms with Crippen LogP contribution in [0, 0.1) is 6.92 Å². The monoisotopic (exact) mass is 250 g/mol. The zero-order chi connectivity index (χ0) is 13.2. The second-order valence-electron chi connectivity index (χ2n) is 4.69. The Morgan fingerprint density at radius 3 is 2.74 bits per heavy atom. The highest BCUT2D eigenvalue weighted by Crippen LogP contribution is 2.19. The number of aromatic nitrogens is 2. The van der Waals surface area contributed by atoms with Gasteiger partial charge in [-0.25, -0.2) is 0 Å². The van der Waals surface area contributed by atoms with Crippen molar-refractivity contribution in [1.82, 2.24) is 9.55 Å². The van der Waals surface area contributed by atoms with Crippen molar-refractivity contribution in [1.29, 1.82) is 0 Å². The Bertz CT molecular complexity index is 726. The summed E-state index contributed by atoms with van der Waals surface area (Å²) in [5.41, 5.74) is 4.86. The summed E-state index contributed by atoms with van der Waals surface area (Å²) in [6.45, 7) is 2.82. The molecule has 0 unspecified atom stereocenters. The molecule has 19 heavy (non-hydrogen) atoms. The first kappa shape index (κ1) is 11.7. The quantitative estimate of drug-likeness (QED) is 0.669. The maximum absolute atomic E-state index is 11.1. The summed E-state index contributed by atoms with van der Waals surface area (Å²) >= 11 is 0. The molecule has 0 saturated carbocycles. The van der Waals surface area contributed by atoms with Crippen molar-refractivity contribution in [2.45, 2.75) is 13.5 Å². The second kappa shape index (κ2) is 4.69. The van der Waals surface area contributed by atoms with Gasteiger partial charge in [-0.3, -0.25) is 9.78 Å². The van der Waals surface area contributed by atoms with Crippen molar-refractivity contribution >= 4 is 17.3 Å². The fourth-order valence-electron chi connectivity index (χ4n) is 2.26. The van der Waals surface area contributed by atoms with E-state index in [0.717, 1.165) is 23.9 Å². The molecule has 0 fully saturated rings. The largest absolute Gasteiger partial charge is 0.341 e. The van der Waals surface area contributed by atoms with Gasteiger partial charge in [0.25, 0.3) is 0 Å². The van der Waals surface area contributed by atoms with E-state index in [2.05, 4.69) is 40.7 Å². The lowest BCUT2D eigenvalue weighted by molar-refractivity contribution is 0.112. The minimum absolute atomic E-state index is 0.641. The average molecular weight is 250 g/mol. The summed E-state index contributed by atoms with van der Waals surface area (Å²) in [6.07, 6.45) is 4.44. The molecule has 94 valence electrons. The molecule has 3 heteroatoms. The molecule has 0 spiro atoms. The van der Waals surface area contributed by atoms with Gasteiger partial charge in [-0.2, -0.15) is 0 Å². The summed E-state index contributed by atoms with van der Waals surface area (Å²) in [5.74, 6) is 0. The van der Waals surface area contributed by atoms with E-state index >= 15 is 0 Å². The van der Waals surface area contributed by atoms with Gasteiger partial charge in [0.2, 0.25) is 0 Å². The Morgan fingerprint density at radius 2 is 2.00 bits per heavy atom. The van der Waals surface area contributed by atoms with Crippen LogP contribution in [0.5, 0.6) is 0 Å². The van der Waals surface area contributed by atoms with Crippen LogP contribution < -0.4 is 0 Å². The highest BCUT2D eigenvalue weighted by molar-refractivity contribution is 5.94. The fraction of sp³-hybridized carbons (Fsp3) is 0.125. The molecule has 3 nitrogen and oxygen atoms in total. The molecule has 3 rings (SSSR count). The third-order valence-corrected chi connectivity index (χ3v) is 3.26. The smallest absolute Gasteiger partial charge is 0.153 e. The summed E-state index contributed by atoms with van der Waals surface area (Å²) in [7, 11) is 0. The number of hydrogen-bond acceptors (Lipinski definition) is 2. The molecule has 2 heterocycles. The average Bonchev–Trinajstić information content (AvgIpc) is 2.80. The van der Waals surface area contributed by atoms with Gasteiger partial charge in [-0.1, -0.05) is 29.8 Å². The number of benzene rings is 1. The first-order valence-electron chi connectivity index (χ1n) is 6.22. The Kier molecular flexibility index (Phi) is 2.88. The van der Waals surface area contributed by atoms with E-state index < -0.39 is 0 Å². The summed E-state index contributed by atoms with van der Waals surface area (Å²) < 4.78 is 2.07. The van der Waals surface area contributed by atoms with E-state index in [1.165, 1.54) is 11.1 Å².